The van der Waals surface area contributed by atoms with Gasteiger partial charge in [-0.15, -0.1) is 0 Å². The lowest BCUT2D eigenvalue weighted by atomic mass is 10.2. The number of amides is 1. The highest BCUT2D eigenvalue weighted by Gasteiger charge is 2.22. The van der Waals surface area contributed by atoms with Gasteiger partial charge in [0.25, 0.3) is 0 Å². The smallest absolute Gasteiger partial charge is 0.250 e. The Morgan fingerprint density at radius 2 is 1.61 bits per heavy atom. The van der Waals surface area contributed by atoms with Crippen LogP contribution in [0, 0.1) is 0 Å². The third-order valence-corrected chi connectivity index (χ3v) is 6.67. The van der Waals surface area contributed by atoms with Crippen molar-refractivity contribution >= 4 is 45.0 Å². The minimum Gasteiger partial charge on any atom is -0.494 e. The molecule has 0 aliphatic heterocycles. The topological polar surface area (TPSA) is 87.7 Å². The van der Waals surface area contributed by atoms with E-state index in [4.69, 9.17) is 17.0 Å². The summed E-state index contributed by atoms with van der Waals surface area (Å²) < 4.78 is 32.6. The molecule has 0 saturated heterocycles. The molecule has 0 bridgehead atoms. The normalized spacial score (nSPS) is 11.5. The SMILES string of the molecule is CCCN(CCC)S(=O)(=O)c1ccc(NC(=S)NC(=O)/C=C/c2ccc(OCC)cc2)cc1. The van der Waals surface area contributed by atoms with Crippen molar-refractivity contribution in [3.8, 4) is 5.75 Å². The second-order valence-electron chi connectivity index (χ2n) is 7.21. The molecule has 0 aromatic heterocycles. The van der Waals surface area contributed by atoms with E-state index in [1.165, 1.54) is 22.5 Å². The Morgan fingerprint density at radius 1 is 1.00 bits per heavy atom. The van der Waals surface area contributed by atoms with Crippen LogP contribution in [0.2, 0.25) is 0 Å². The number of ether oxygens (including phenoxy) is 1. The third-order valence-electron chi connectivity index (χ3n) is 4.55. The number of thiocarbonyl (C=S) groups is 1. The van der Waals surface area contributed by atoms with E-state index >= 15 is 0 Å². The summed E-state index contributed by atoms with van der Waals surface area (Å²) in [4.78, 5) is 12.4. The van der Waals surface area contributed by atoms with Gasteiger partial charge in [0.15, 0.2) is 5.11 Å². The fourth-order valence-corrected chi connectivity index (χ4v) is 4.88. The first kappa shape index (κ1) is 26.5. The molecule has 2 N–H and O–H groups in total. The quantitative estimate of drug-likeness (QED) is 0.359. The Bertz CT molecular complexity index is 1040. The molecule has 178 valence electrons. The van der Waals surface area contributed by atoms with E-state index in [2.05, 4.69) is 10.6 Å². The summed E-state index contributed by atoms with van der Waals surface area (Å²) in [6.45, 7) is 7.38. The molecule has 7 nitrogen and oxygen atoms in total. The van der Waals surface area contributed by atoms with E-state index in [9.17, 15) is 13.2 Å². The first-order valence-corrected chi connectivity index (χ1v) is 12.8. The first-order valence-electron chi connectivity index (χ1n) is 10.9. The lowest BCUT2D eigenvalue weighted by Gasteiger charge is -2.21. The predicted octanol–water partition coefficient (Wildman–Crippen LogP) is 4.42. The van der Waals surface area contributed by atoms with E-state index in [0.717, 1.165) is 24.2 Å². The predicted molar refractivity (Wildman–Crippen MR) is 137 cm³/mol. The molecule has 0 saturated carbocycles. The standard InChI is InChI=1S/C24H31N3O4S2/c1-4-17-27(18-5-2)33(29,30)22-14-10-20(11-15-22)25-24(32)26-23(28)16-9-19-7-12-21(13-8-19)31-6-3/h7-16H,4-6,17-18H2,1-3H3,(H2,25,26,28,32)/b16-9+. The molecule has 0 heterocycles. The maximum atomic E-state index is 12.8. The minimum atomic E-state index is -3.54. The van der Waals surface area contributed by atoms with Crippen LogP contribution < -0.4 is 15.4 Å². The number of sulfonamides is 1. The average molecular weight is 490 g/mol. The van der Waals surface area contributed by atoms with Gasteiger partial charge < -0.3 is 10.1 Å². The van der Waals surface area contributed by atoms with Crippen LogP contribution in [-0.2, 0) is 14.8 Å². The van der Waals surface area contributed by atoms with Gasteiger partial charge in [-0.05, 0) is 80.0 Å². The molecular formula is C24H31N3O4S2. The molecule has 0 aliphatic rings. The van der Waals surface area contributed by atoms with Crippen molar-refractivity contribution in [3.05, 3.63) is 60.2 Å². The van der Waals surface area contributed by atoms with Crippen LogP contribution >= 0.6 is 12.2 Å². The number of carbonyl (C=O) groups excluding carboxylic acids is 1. The highest BCUT2D eigenvalue weighted by molar-refractivity contribution is 7.89. The van der Waals surface area contributed by atoms with E-state index in [0.29, 0.717) is 25.4 Å². The fraction of sp³-hybridized carbons (Fsp3) is 0.333. The van der Waals surface area contributed by atoms with Crippen molar-refractivity contribution in [1.29, 1.82) is 0 Å². The number of anilines is 1. The van der Waals surface area contributed by atoms with E-state index in [1.54, 1.807) is 18.2 Å². The van der Waals surface area contributed by atoms with Crippen LogP contribution in [0.15, 0.2) is 59.5 Å². The molecule has 0 atom stereocenters. The molecule has 2 aromatic rings. The van der Waals surface area contributed by atoms with Crippen molar-refractivity contribution in [2.45, 2.75) is 38.5 Å². The molecule has 0 fully saturated rings. The summed E-state index contributed by atoms with van der Waals surface area (Å²) in [5.41, 5.74) is 1.43. The molecule has 0 radical (unpaired) electrons. The maximum absolute atomic E-state index is 12.8. The molecule has 0 aliphatic carbocycles. The van der Waals surface area contributed by atoms with Crippen LogP contribution in [0.4, 0.5) is 5.69 Å². The van der Waals surface area contributed by atoms with Gasteiger partial charge in [-0.3, -0.25) is 10.1 Å². The first-order chi connectivity index (χ1) is 15.8. The molecule has 0 unspecified atom stereocenters. The minimum absolute atomic E-state index is 0.116. The number of carbonyl (C=O) groups is 1. The van der Waals surface area contributed by atoms with E-state index < -0.39 is 10.0 Å². The Labute approximate surface area is 201 Å². The van der Waals surface area contributed by atoms with Crippen molar-refractivity contribution < 1.29 is 17.9 Å². The molecule has 2 rings (SSSR count). The zero-order valence-electron chi connectivity index (χ0n) is 19.2. The number of rotatable bonds is 11. The van der Waals surface area contributed by atoms with Crippen molar-refractivity contribution in [2.75, 3.05) is 25.0 Å². The molecule has 9 heteroatoms. The van der Waals surface area contributed by atoms with Gasteiger partial charge in [-0.1, -0.05) is 26.0 Å². The summed E-state index contributed by atoms with van der Waals surface area (Å²) in [5, 5.41) is 5.58. The zero-order chi connectivity index (χ0) is 24.3. The zero-order valence-corrected chi connectivity index (χ0v) is 20.8. The Balaban J connectivity index is 1.93. The summed E-state index contributed by atoms with van der Waals surface area (Å²) in [6.07, 6.45) is 4.56. The Morgan fingerprint density at radius 3 is 2.15 bits per heavy atom. The number of nitrogens with one attached hydrogen (secondary N) is 2. The van der Waals surface area contributed by atoms with Crippen LogP contribution in [0.25, 0.3) is 6.08 Å². The summed E-state index contributed by atoms with van der Waals surface area (Å²) >= 11 is 5.19. The molecule has 33 heavy (non-hydrogen) atoms. The lowest BCUT2D eigenvalue weighted by Crippen LogP contribution is -2.33. The van der Waals surface area contributed by atoms with Gasteiger partial charge in [0.05, 0.1) is 11.5 Å². The van der Waals surface area contributed by atoms with Gasteiger partial charge in [0.2, 0.25) is 15.9 Å². The van der Waals surface area contributed by atoms with Crippen LogP contribution in [0.5, 0.6) is 5.75 Å². The van der Waals surface area contributed by atoms with Gasteiger partial charge in [-0.2, -0.15) is 4.31 Å². The van der Waals surface area contributed by atoms with E-state index in [-0.39, 0.29) is 15.9 Å². The summed E-state index contributed by atoms with van der Waals surface area (Å²) in [6, 6.07) is 13.7. The number of nitrogens with zero attached hydrogens (tertiary/aromatic N) is 1. The van der Waals surface area contributed by atoms with E-state index in [1.807, 2.05) is 45.0 Å². The number of hydrogen-bond donors (Lipinski definition) is 2. The Hall–Kier alpha value is -2.75. The Kier molecular flexibility index (Phi) is 10.5. The van der Waals surface area contributed by atoms with Gasteiger partial charge >= 0.3 is 0 Å². The highest BCUT2D eigenvalue weighted by atomic mass is 32.2. The third kappa shape index (κ3) is 8.27. The maximum Gasteiger partial charge on any atom is 0.250 e. The second-order valence-corrected chi connectivity index (χ2v) is 9.55. The average Bonchev–Trinajstić information content (AvgIpc) is 2.79. The van der Waals surface area contributed by atoms with Crippen molar-refractivity contribution in [3.63, 3.8) is 0 Å². The molecular weight excluding hydrogens is 458 g/mol. The van der Waals surface area contributed by atoms with Crippen molar-refractivity contribution in [2.24, 2.45) is 0 Å². The fourth-order valence-electron chi connectivity index (χ4n) is 3.04. The summed E-state index contributed by atoms with van der Waals surface area (Å²) in [7, 11) is -3.54. The van der Waals surface area contributed by atoms with Gasteiger partial charge in [0.1, 0.15) is 5.75 Å². The summed E-state index contributed by atoms with van der Waals surface area (Å²) in [5.74, 6) is 0.391. The molecule has 0 spiro atoms. The second kappa shape index (κ2) is 13.1. The number of benzene rings is 2. The van der Waals surface area contributed by atoms with Crippen LogP contribution in [-0.4, -0.2) is 43.4 Å². The monoisotopic (exact) mass is 489 g/mol. The molecule has 2 aromatic carbocycles. The highest BCUT2D eigenvalue weighted by Crippen LogP contribution is 2.19. The lowest BCUT2D eigenvalue weighted by molar-refractivity contribution is -0.115. The molecule has 1 amide bonds. The number of hydrogen-bond acceptors (Lipinski definition) is 5. The largest absolute Gasteiger partial charge is 0.494 e. The van der Waals surface area contributed by atoms with Crippen molar-refractivity contribution in [1.82, 2.24) is 9.62 Å². The van der Waals surface area contributed by atoms with Gasteiger partial charge in [0, 0.05) is 24.9 Å². The van der Waals surface area contributed by atoms with Gasteiger partial charge in [-0.25, -0.2) is 8.42 Å². The van der Waals surface area contributed by atoms with Crippen LogP contribution in [0.3, 0.4) is 0 Å². The van der Waals surface area contributed by atoms with Crippen LogP contribution in [0.1, 0.15) is 39.2 Å².